The number of rotatable bonds is 34. The minimum Gasteiger partial charge on any atom is -0.457 e. The van der Waals surface area contributed by atoms with E-state index in [1.54, 1.807) is 0 Å². The molecule has 3 atom stereocenters. The Balaban J connectivity index is 4.27. The molecule has 10 heteroatoms. The lowest BCUT2D eigenvalue weighted by Gasteiger charge is -2.20. The maximum absolute atomic E-state index is 12.5. The largest absolute Gasteiger partial charge is 0.472 e. The zero-order chi connectivity index (χ0) is 32.6. The molecule has 3 N–H and O–H groups in total. The topological polar surface area (TPSA) is 132 Å². The molecule has 0 aromatic heterocycles. The lowest BCUT2D eigenvalue weighted by atomic mass is 10.1. The Morgan fingerprint density at radius 2 is 1.16 bits per heavy atom. The summed E-state index contributed by atoms with van der Waals surface area (Å²) in [7, 11) is -4.50. The van der Waals surface area contributed by atoms with E-state index in [0.717, 1.165) is 51.4 Å². The molecule has 0 aromatic carbocycles. The number of carbonyl (C=O) groups is 1. The maximum atomic E-state index is 12.5. The van der Waals surface area contributed by atoms with E-state index >= 15 is 0 Å². The standard InChI is InChI=1S/C34H67O9P/c1-3-5-7-9-11-13-15-16-17-18-20-22-24-26-34(37)43-33(31-42-44(38,39)41-29-32(36)28-35)30-40-27-25-23-21-19-14-12-10-8-6-4-2/h13,15,32-33,35-36H,3-12,14,16-31H2,1-2H3,(H,38,39)/b15-13-. The smallest absolute Gasteiger partial charge is 0.457 e. The molecule has 0 saturated heterocycles. The number of esters is 1. The lowest BCUT2D eigenvalue weighted by molar-refractivity contribution is -0.154. The predicted octanol–water partition coefficient (Wildman–Crippen LogP) is 8.58. The van der Waals surface area contributed by atoms with Gasteiger partial charge in [-0.1, -0.05) is 122 Å². The van der Waals surface area contributed by atoms with Crippen LogP contribution in [-0.4, -0.2) is 66.3 Å². The number of aliphatic hydroxyl groups excluding tert-OH is 2. The molecule has 3 unspecified atom stereocenters. The van der Waals surface area contributed by atoms with Gasteiger partial charge in [0.15, 0.2) is 0 Å². The van der Waals surface area contributed by atoms with Crippen molar-refractivity contribution in [2.45, 2.75) is 167 Å². The summed E-state index contributed by atoms with van der Waals surface area (Å²) < 4.78 is 33.1. The summed E-state index contributed by atoms with van der Waals surface area (Å²) in [6.07, 6.45) is 27.4. The van der Waals surface area contributed by atoms with Crippen LogP contribution >= 0.6 is 7.82 Å². The first kappa shape index (κ1) is 43.2. The molecule has 0 bridgehead atoms. The van der Waals surface area contributed by atoms with Crippen molar-refractivity contribution in [2.24, 2.45) is 0 Å². The van der Waals surface area contributed by atoms with Gasteiger partial charge >= 0.3 is 13.8 Å². The summed E-state index contributed by atoms with van der Waals surface area (Å²) in [4.78, 5) is 22.4. The fourth-order valence-electron chi connectivity index (χ4n) is 4.70. The zero-order valence-electron chi connectivity index (χ0n) is 28.1. The summed E-state index contributed by atoms with van der Waals surface area (Å²) in [6.45, 7) is 3.48. The number of allylic oxidation sites excluding steroid dienone is 2. The fraction of sp³-hybridized carbons (Fsp3) is 0.912. The zero-order valence-corrected chi connectivity index (χ0v) is 29.0. The van der Waals surface area contributed by atoms with Crippen molar-refractivity contribution in [1.29, 1.82) is 0 Å². The number of aliphatic hydroxyl groups is 2. The summed E-state index contributed by atoms with van der Waals surface area (Å²) in [5.74, 6) is -0.392. The number of hydrogen-bond donors (Lipinski definition) is 3. The molecule has 0 spiro atoms. The fourth-order valence-corrected chi connectivity index (χ4v) is 5.49. The minimum atomic E-state index is -4.50. The van der Waals surface area contributed by atoms with Gasteiger partial charge in [-0.05, 0) is 38.5 Å². The molecule has 0 amide bonds. The number of carbonyl (C=O) groups excluding carboxylic acids is 1. The third-order valence-corrected chi connectivity index (χ3v) is 8.40. The summed E-state index contributed by atoms with van der Waals surface area (Å²) >= 11 is 0. The van der Waals surface area contributed by atoms with Crippen molar-refractivity contribution >= 4 is 13.8 Å². The highest BCUT2D eigenvalue weighted by atomic mass is 31.2. The third kappa shape index (κ3) is 31.2. The van der Waals surface area contributed by atoms with Gasteiger partial charge in [-0.15, -0.1) is 0 Å². The average molecular weight is 651 g/mol. The Hall–Kier alpha value is -0.800. The van der Waals surface area contributed by atoms with Gasteiger partial charge < -0.3 is 24.6 Å². The summed E-state index contributed by atoms with van der Waals surface area (Å²) in [6, 6.07) is 0. The molecule has 0 aliphatic rings. The van der Waals surface area contributed by atoms with Crippen LogP contribution in [0.25, 0.3) is 0 Å². The first-order valence-corrected chi connectivity index (χ1v) is 19.2. The Bertz CT molecular complexity index is 704. The van der Waals surface area contributed by atoms with Crippen LogP contribution in [0.15, 0.2) is 12.2 Å². The summed E-state index contributed by atoms with van der Waals surface area (Å²) in [5.41, 5.74) is 0. The molecule has 0 aromatic rings. The SMILES string of the molecule is CCCCCC/C=C\CCCCCCCC(=O)OC(COCCCCCCCCCCCC)COP(=O)(O)OCC(O)CO. The van der Waals surface area contributed by atoms with E-state index in [4.69, 9.17) is 23.6 Å². The molecule has 0 fully saturated rings. The highest BCUT2D eigenvalue weighted by Gasteiger charge is 2.26. The van der Waals surface area contributed by atoms with Crippen molar-refractivity contribution in [1.82, 2.24) is 0 Å². The van der Waals surface area contributed by atoms with Gasteiger partial charge in [0.1, 0.15) is 12.2 Å². The molecule has 0 heterocycles. The Morgan fingerprint density at radius 1 is 0.682 bits per heavy atom. The second kappa shape index (κ2) is 32.2. The van der Waals surface area contributed by atoms with E-state index in [-0.39, 0.29) is 19.6 Å². The molecule has 44 heavy (non-hydrogen) atoms. The van der Waals surface area contributed by atoms with Crippen molar-refractivity contribution < 1.29 is 43.0 Å². The van der Waals surface area contributed by atoms with Gasteiger partial charge in [0.25, 0.3) is 0 Å². The molecule has 9 nitrogen and oxygen atoms in total. The summed E-state index contributed by atoms with van der Waals surface area (Å²) in [5, 5.41) is 18.2. The Kier molecular flexibility index (Phi) is 31.6. The van der Waals surface area contributed by atoms with Crippen LogP contribution in [0, 0.1) is 0 Å². The molecule has 0 radical (unpaired) electrons. The van der Waals surface area contributed by atoms with Crippen LogP contribution < -0.4 is 0 Å². The van der Waals surface area contributed by atoms with E-state index in [1.807, 2.05) is 0 Å². The van der Waals surface area contributed by atoms with E-state index < -0.39 is 39.2 Å². The first-order valence-electron chi connectivity index (χ1n) is 17.7. The van der Waals surface area contributed by atoms with Gasteiger partial charge in [-0.2, -0.15) is 0 Å². The van der Waals surface area contributed by atoms with E-state index in [0.29, 0.717) is 6.61 Å². The molecular formula is C34H67O9P. The van der Waals surface area contributed by atoms with Crippen LogP contribution in [-0.2, 0) is 27.9 Å². The monoisotopic (exact) mass is 650 g/mol. The highest BCUT2D eigenvalue weighted by Crippen LogP contribution is 2.43. The average Bonchev–Trinajstić information content (AvgIpc) is 3.01. The van der Waals surface area contributed by atoms with Crippen molar-refractivity contribution in [3.8, 4) is 0 Å². The van der Waals surface area contributed by atoms with Gasteiger partial charge in [0, 0.05) is 13.0 Å². The third-order valence-electron chi connectivity index (χ3n) is 7.45. The first-order chi connectivity index (χ1) is 21.3. The Morgan fingerprint density at radius 3 is 1.73 bits per heavy atom. The van der Waals surface area contributed by atoms with Gasteiger partial charge in [0.05, 0.1) is 26.4 Å². The molecule has 0 saturated carbocycles. The number of ether oxygens (including phenoxy) is 2. The van der Waals surface area contributed by atoms with Gasteiger partial charge in [0.2, 0.25) is 0 Å². The number of hydrogen-bond acceptors (Lipinski definition) is 8. The lowest BCUT2D eigenvalue weighted by Crippen LogP contribution is -2.29. The van der Waals surface area contributed by atoms with Crippen molar-refractivity contribution in [3.63, 3.8) is 0 Å². The molecule has 262 valence electrons. The van der Waals surface area contributed by atoms with Crippen LogP contribution in [0.5, 0.6) is 0 Å². The van der Waals surface area contributed by atoms with Crippen LogP contribution in [0.1, 0.15) is 155 Å². The number of unbranched alkanes of at least 4 members (excludes halogenated alkanes) is 18. The van der Waals surface area contributed by atoms with E-state index in [9.17, 15) is 19.4 Å². The second-order valence-electron chi connectivity index (χ2n) is 11.9. The molecular weight excluding hydrogens is 583 g/mol. The van der Waals surface area contributed by atoms with Crippen LogP contribution in [0.3, 0.4) is 0 Å². The molecule has 0 aliphatic carbocycles. The molecule has 0 rings (SSSR count). The van der Waals surface area contributed by atoms with Crippen molar-refractivity contribution in [2.75, 3.05) is 33.0 Å². The Labute approximate surface area is 269 Å². The second-order valence-corrected chi connectivity index (χ2v) is 13.3. The maximum Gasteiger partial charge on any atom is 0.472 e. The highest BCUT2D eigenvalue weighted by molar-refractivity contribution is 7.47. The minimum absolute atomic E-state index is 0.0502. The quantitative estimate of drug-likeness (QED) is 0.0271. The van der Waals surface area contributed by atoms with Gasteiger partial charge in [-0.25, -0.2) is 4.57 Å². The van der Waals surface area contributed by atoms with Crippen LogP contribution in [0.2, 0.25) is 0 Å². The van der Waals surface area contributed by atoms with Crippen LogP contribution in [0.4, 0.5) is 0 Å². The predicted molar refractivity (Wildman–Crippen MR) is 178 cm³/mol. The number of phosphoric ester groups is 1. The number of phosphoric acid groups is 1. The normalized spacial score (nSPS) is 14.6. The van der Waals surface area contributed by atoms with Gasteiger partial charge in [-0.3, -0.25) is 13.8 Å². The van der Waals surface area contributed by atoms with E-state index in [1.165, 1.54) is 83.5 Å². The van der Waals surface area contributed by atoms with Crippen molar-refractivity contribution in [3.05, 3.63) is 12.2 Å². The molecule has 0 aliphatic heterocycles. The van der Waals surface area contributed by atoms with E-state index in [2.05, 4.69) is 26.0 Å².